The van der Waals surface area contributed by atoms with Crippen molar-refractivity contribution in [3.63, 3.8) is 0 Å². The molecule has 0 radical (unpaired) electrons. The maximum atomic E-state index is 12.1. The van der Waals surface area contributed by atoms with E-state index in [-0.39, 0.29) is 5.75 Å². The summed E-state index contributed by atoms with van der Waals surface area (Å²) in [6.07, 6.45) is 2.88. The molecule has 0 amide bonds. The lowest BCUT2D eigenvalue weighted by Crippen LogP contribution is -2.06. The van der Waals surface area contributed by atoms with Gasteiger partial charge in [-0.15, -0.1) is 0 Å². The molecule has 0 fully saturated rings. The monoisotopic (exact) mass is 353 g/mol. The Balaban J connectivity index is 2.16. The van der Waals surface area contributed by atoms with Crippen molar-refractivity contribution in [3.05, 3.63) is 53.6 Å². The molecule has 0 unspecified atom stereocenters. The number of methoxy groups -OCH3 is 2. The summed E-state index contributed by atoms with van der Waals surface area (Å²) in [6, 6.07) is 11.9. The second kappa shape index (κ2) is 9.14. The van der Waals surface area contributed by atoms with Gasteiger partial charge in [-0.25, -0.2) is 4.79 Å². The molecule has 0 aromatic heterocycles. The first-order valence-electron chi connectivity index (χ1n) is 7.90. The van der Waals surface area contributed by atoms with E-state index in [2.05, 4.69) is 0 Å². The van der Waals surface area contributed by atoms with Crippen molar-refractivity contribution in [1.82, 2.24) is 0 Å². The lowest BCUT2D eigenvalue weighted by Gasteiger charge is -2.10. The molecule has 0 atom stereocenters. The van der Waals surface area contributed by atoms with E-state index in [1.165, 1.54) is 25.3 Å². The number of rotatable bonds is 7. The van der Waals surface area contributed by atoms with Crippen molar-refractivity contribution in [1.29, 1.82) is 5.26 Å². The van der Waals surface area contributed by atoms with E-state index in [1.807, 2.05) is 6.07 Å². The van der Waals surface area contributed by atoms with Crippen LogP contribution in [-0.4, -0.2) is 26.8 Å². The van der Waals surface area contributed by atoms with Gasteiger partial charge in [0.2, 0.25) is 0 Å². The maximum absolute atomic E-state index is 12.1. The molecule has 134 valence electrons. The lowest BCUT2D eigenvalue weighted by atomic mass is 10.1. The van der Waals surface area contributed by atoms with E-state index >= 15 is 0 Å². The molecule has 2 aromatic carbocycles. The number of hydrogen-bond donors (Lipinski definition) is 0. The lowest BCUT2D eigenvalue weighted by molar-refractivity contribution is -0.129. The summed E-state index contributed by atoms with van der Waals surface area (Å²) in [5.41, 5.74) is 1.13. The predicted octanol–water partition coefficient (Wildman–Crippen LogP) is 3.59. The Morgan fingerprint density at radius 3 is 2.54 bits per heavy atom. The van der Waals surface area contributed by atoms with Crippen LogP contribution in [0.3, 0.4) is 0 Å². The molecule has 0 spiro atoms. The second-order valence-electron chi connectivity index (χ2n) is 5.07. The highest BCUT2D eigenvalue weighted by atomic mass is 16.6. The van der Waals surface area contributed by atoms with E-state index < -0.39 is 5.97 Å². The molecule has 0 aliphatic rings. The Morgan fingerprint density at radius 2 is 1.88 bits per heavy atom. The van der Waals surface area contributed by atoms with Gasteiger partial charge in [-0.05, 0) is 37.3 Å². The van der Waals surface area contributed by atoms with E-state index in [9.17, 15) is 4.79 Å². The van der Waals surface area contributed by atoms with E-state index in [0.717, 1.165) is 0 Å². The first kappa shape index (κ1) is 18.9. The van der Waals surface area contributed by atoms with Crippen molar-refractivity contribution in [2.75, 3.05) is 20.8 Å². The van der Waals surface area contributed by atoms with Gasteiger partial charge < -0.3 is 18.9 Å². The van der Waals surface area contributed by atoms with Gasteiger partial charge in [-0.3, -0.25) is 0 Å². The van der Waals surface area contributed by atoms with Gasteiger partial charge >= 0.3 is 5.97 Å². The summed E-state index contributed by atoms with van der Waals surface area (Å²) in [6.45, 7) is 2.19. The van der Waals surface area contributed by atoms with Crippen molar-refractivity contribution < 1.29 is 23.7 Å². The van der Waals surface area contributed by atoms with Gasteiger partial charge in [0.25, 0.3) is 0 Å². The minimum Gasteiger partial charge on any atom is -0.497 e. The highest BCUT2D eigenvalue weighted by Gasteiger charge is 2.10. The number of carbonyl (C=O) groups is 1. The molecule has 2 rings (SSSR count). The number of esters is 1. The minimum atomic E-state index is -0.575. The van der Waals surface area contributed by atoms with Crippen LogP contribution < -0.4 is 18.9 Å². The molecule has 26 heavy (non-hydrogen) atoms. The third-order valence-electron chi connectivity index (χ3n) is 3.42. The fourth-order valence-corrected chi connectivity index (χ4v) is 2.19. The summed E-state index contributed by atoms with van der Waals surface area (Å²) < 4.78 is 21.2. The van der Waals surface area contributed by atoms with E-state index in [0.29, 0.717) is 35.0 Å². The third-order valence-corrected chi connectivity index (χ3v) is 3.42. The van der Waals surface area contributed by atoms with E-state index in [4.69, 9.17) is 24.2 Å². The number of hydrogen-bond acceptors (Lipinski definition) is 6. The first-order chi connectivity index (χ1) is 12.6. The zero-order chi connectivity index (χ0) is 18.9. The van der Waals surface area contributed by atoms with Gasteiger partial charge in [0.15, 0.2) is 11.5 Å². The van der Waals surface area contributed by atoms with Crippen LogP contribution in [0, 0.1) is 11.3 Å². The van der Waals surface area contributed by atoms with Crippen molar-refractivity contribution in [2.45, 2.75) is 6.92 Å². The zero-order valence-electron chi connectivity index (χ0n) is 14.8. The van der Waals surface area contributed by atoms with Crippen LogP contribution in [0.25, 0.3) is 6.08 Å². The Labute approximate surface area is 152 Å². The van der Waals surface area contributed by atoms with Gasteiger partial charge in [-0.1, -0.05) is 0 Å². The summed E-state index contributed by atoms with van der Waals surface area (Å²) in [5.74, 6) is 1.24. The smallest absolute Gasteiger partial charge is 0.336 e. The maximum Gasteiger partial charge on any atom is 0.336 e. The number of nitriles is 1. The fourth-order valence-electron chi connectivity index (χ4n) is 2.19. The molecule has 0 N–H and O–H groups in total. The Bertz CT molecular complexity index is 852. The van der Waals surface area contributed by atoms with Crippen LogP contribution >= 0.6 is 0 Å². The van der Waals surface area contributed by atoms with Crippen LogP contribution in [-0.2, 0) is 4.79 Å². The average Bonchev–Trinajstić information content (AvgIpc) is 2.67. The van der Waals surface area contributed by atoms with Gasteiger partial charge in [0, 0.05) is 23.8 Å². The highest BCUT2D eigenvalue weighted by molar-refractivity contribution is 5.89. The summed E-state index contributed by atoms with van der Waals surface area (Å²) in [7, 11) is 3.10. The first-order valence-corrected chi connectivity index (χ1v) is 7.90. The van der Waals surface area contributed by atoms with Crippen LogP contribution in [0.4, 0.5) is 0 Å². The van der Waals surface area contributed by atoms with Crippen LogP contribution in [0.5, 0.6) is 23.0 Å². The van der Waals surface area contributed by atoms with Gasteiger partial charge in [0.1, 0.15) is 11.5 Å². The molecule has 0 bridgehead atoms. The van der Waals surface area contributed by atoms with Gasteiger partial charge in [-0.2, -0.15) is 5.26 Å². The van der Waals surface area contributed by atoms with Crippen molar-refractivity contribution >= 4 is 12.0 Å². The fraction of sp³-hybridized carbons (Fsp3) is 0.200. The Kier molecular flexibility index (Phi) is 6.63. The molecular formula is C20H19NO5. The molecule has 2 aromatic rings. The average molecular weight is 353 g/mol. The molecule has 0 saturated heterocycles. The second-order valence-corrected chi connectivity index (χ2v) is 5.07. The molecule has 6 nitrogen and oxygen atoms in total. The molecule has 6 heteroatoms. The third kappa shape index (κ3) is 4.77. The predicted molar refractivity (Wildman–Crippen MR) is 96.5 cm³/mol. The number of benzene rings is 2. The van der Waals surface area contributed by atoms with E-state index in [1.54, 1.807) is 44.4 Å². The van der Waals surface area contributed by atoms with Crippen LogP contribution in [0.15, 0.2) is 42.5 Å². The summed E-state index contributed by atoms with van der Waals surface area (Å²) in [4.78, 5) is 12.1. The Morgan fingerprint density at radius 1 is 1.08 bits per heavy atom. The van der Waals surface area contributed by atoms with Gasteiger partial charge in [0.05, 0.1) is 32.5 Å². The van der Waals surface area contributed by atoms with Crippen LogP contribution in [0.1, 0.15) is 18.1 Å². The summed E-state index contributed by atoms with van der Waals surface area (Å²) >= 11 is 0. The molecule has 0 aliphatic heterocycles. The minimum absolute atomic E-state index is 0.252. The largest absolute Gasteiger partial charge is 0.497 e. The summed E-state index contributed by atoms with van der Waals surface area (Å²) in [5, 5.41) is 8.95. The number of carbonyl (C=O) groups excluding carboxylic acids is 1. The molecule has 0 aliphatic carbocycles. The quantitative estimate of drug-likeness (QED) is 0.430. The molecular weight excluding hydrogens is 334 g/mol. The SMILES string of the molecule is CCOc1cc(C#N)ccc1OC(=O)/C=C/c1ccc(OC)cc1OC. The Hall–Kier alpha value is -3.46. The zero-order valence-corrected chi connectivity index (χ0v) is 14.8. The molecule has 0 saturated carbocycles. The van der Waals surface area contributed by atoms with Crippen molar-refractivity contribution in [2.24, 2.45) is 0 Å². The standard InChI is InChI=1S/C20H19NO5/c1-4-25-19-11-14(13-21)5-9-17(19)26-20(22)10-7-15-6-8-16(23-2)12-18(15)24-3/h5-12H,4H2,1-3H3/b10-7+. The normalized spacial score (nSPS) is 10.2. The molecule has 0 heterocycles. The van der Waals surface area contributed by atoms with Crippen LogP contribution in [0.2, 0.25) is 0 Å². The topological polar surface area (TPSA) is 77.8 Å². The number of ether oxygens (including phenoxy) is 4. The highest BCUT2D eigenvalue weighted by Crippen LogP contribution is 2.29. The number of nitrogens with zero attached hydrogens (tertiary/aromatic N) is 1. The van der Waals surface area contributed by atoms with Crippen molar-refractivity contribution in [3.8, 4) is 29.1 Å².